The molecule has 0 saturated carbocycles. The Bertz CT molecular complexity index is 847. The Morgan fingerprint density at radius 3 is 2.43 bits per heavy atom. The van der Waals surface area contributed by atoms with Gasteiger partial charge in [0.15, 0.2) is 6.61 Å². The van der Waals surface area contributed by atoms with E-state index in [0.717, 1.165) is 36.0 Å². The van der Waals surface area contributed by atoms with Gasteiger partial charge in [0.25, 0.3) is 0 Å². The van der Waals surface area contributed by atoms with Crippen LogP contribution in [0.4, 0.5) is 0 Å². The van der Waals surface area contributed by atoms with Gasteiger partial charge >= 0.3 is 11.9 Å². The third-order valence-corrected chi connectivity index (χ3v) is 5.37. The Morgan fingerprint density at radius 2 is 1.82 bits per heavy atom. The third-order valence-electron chi connectivity index (χ3n) is 4.22. The molecule has 8 heteroatoms. The summed E-state index contributed by atoms with van der Waals surface area (Å²) >= 11 is 7.03. The first-order valence-electron chi connectivity index (χ1n) is 9.34. The molecule has 1 heterocycles. The van der Waals surface area contributed by atoms with Gasteiger partial charge in [-0.05, 0) is 48.3 Å². The number of aryl methyl sites for hydroxylation is 1. The molecular weight excluding hydrogens is 494 g/mol. The van der Waals surface area contributed by atoms with Crippen molar-refractivity contribution in [3.63, 3.8) is 0 Å². The fraction of sp³-hybridized carbons (Fsp3) is 0.500. The summed E-state index contributed by atoms with van der Waals surface area (Å²) in [6, 6.07) is 3.69. The number of carbonyl (C=O) groups excluding carboxylic acids is 2. The fourth-order valence-corrected chi connectivity index (χ4v) is 4.02. The summed E-state index contributed by atoms with van der Waals surface area (Å²) in [7, 11) is 0. The van der Waals surface area contributed by atoms with E-state index in [4.69, 9.17) is 14.2 Å². The second kappa shape index (κ2) is 10.9. The van der Waals surface area contributed by atoms with E-state index in [1.807, 2.05) is 6.07 Å². The van der Waals surface area contributed by atoms with Crippen molar-refractivity contribution in [1.29, 1.82) is 0 Å². The van der Waals surface area contributed by atoms with Crippen molar-refractivity contribution in [3.8, 4) is 5.75 Å². The quantitative estimate of drug-likeness (QED) is 0.318. The van der Waals surface area contributed by atoms with Crippen LogP contribution in [-0.4, -0.2) is 36.3 Å². The number of aromatic nitrogens is 1. The average Bonchev–Trinajstić information content (AvgIpc) is 2.97. The minimum absolute atomic E-state index is 0.200. The van der Waals surface area contributed by atoms with Gasteiger partial charge in [-0.25, -0.2) is 9.59 Å². The molecule has 2 rings (SSSR count). The highest BCUT2D eigenvalue weighted by Crippen LogP contribution is 2.36. The fourth-order valence-electron chi connectivity index (χ4n) is 2.99. The molecule has 28 heavy (non-hydrogen) atoms. The number of halogens is 2. The summed E-state index contributed by atoms with van der Waals surface area (Å²) in [5.74, 6) is -0.336. The maximum atomic E-state index is 12.7. The molecular formula is C20H25Br2NO5. The zero-order valence-corrected chi connectivity index (χ0v) is 19.5. The van der Waals surface area contributed by atoms with Crippen molar-refractivity contribution in [2.24, 2.45) is 0 Å². The van der Waals surface area contributed by atoms with Crippen molar-refractivity contribution < 1.29 is 23.8 Å². The largest absolute Gasteiger partial charge is 0.481 e. The number of hydrogen-bond donors (Lipinski definition) is 0. The summed E-state index contributed by atoms with van der Waals surface area (Å²) in [4.78, 5) is 24.3. The van der Waals surface area contributed by atoms with Crippen LogP contribution in [0.1, 0.15) is 49.7 Å². The number of hydrogen-bond acceptors (Lipinski definition) is 5. The molecule has 0 N–H and O–H groups in total. The van der Waals surface area contributed by atoms with E-state index in [2.05, 4.69) is 43.4 Å². The van der Waals surface area contributed by atoms with E-state index in [1.165, 1.54) is 0 Å². The van der Waals surface area contributed by atoms with Crippen molar-refractivity contribution in [3.05, 3.63) is 27.9 Å². The van der Waals surface area contributed by atoms with Gasteiger partial charge in [-0.3, -0.25) is 0 Å². The SMILES string of the molecule is CCCCn1c(CBr)c(C(=O)OCC)c2cc(OCC(=O)OCC)c(Br)cc21. The standard InChI is InChI=1S/C20H25Br2NO5/c1-4-7-8-23-15-10-14(22)17(28-12-18(24)26-5-2)9-13(15)19(16(23)11-21)20(25)27-6-3/h9-10H,4-8,11-12H2,1-3H3. The molecule has 1 aromatic carbocycles. The maximum absolute atomic E-state index is 12.7. The van der Waals surface area contributed by atoms with E-state index < -0.39 is 5.97 Å². The van der Waals surface area contributed by atoms with Gasteiger partial charge in [0.2, 0.25) is 0 Å². The van der Waals surface area contributed by atoms with Gasteiger partial charge < -0.3 is 18.8 Å². The molecule has 6 nitrogen and oxygen atoms in total. The number of fused-ring (bicyclic) bond motifs is 1. The Hall–Kier alpha value is -1.54. The molecule has 0 saturated heterocycles. The Balaban J connectivity index is 2.57. The molecule has 0 spiro atoms. The van der Waals surface area contributed by atoms with Crippen LogP contribution < -0.4 is 4.74 Å². The lowest BCUT2D eigenvalue weighted by atomic mass is 10.1. The van der Waals surface area contributed by atoms with Crippen molar-refractivity contribution in [1.82, 2.24) is 4.57 Å². The molecule has 0 bridgehead atoms. The number of nitrogens with zero attached hydrogens (tertiary/aromatic N) is 1. The first-order chi connectivity index (χ1) is 13.5. The lowest BCUT2D eigenvalue weighted by Gasteiger charge is -2.11. The van der Waals surface area contributed by atoms with Crippen LogP contribution >= 0.6 is 31.9 Å². The summed E-state index contributed by atoms with van der Waals surface area (Å²) in [6.07, 6.45) is 2.03. The van der Waals surface area contributed by atoms with Crippen molar-refractivity contribution in [2.45, 2.75) is 45.5 Å². The van der Waals surface area contributed by atoms with E-state index in [9.17, 15) is 9.59 Å². The van der Waals surface area contributed by atoms with Crippen LogP contribution in [0.2, 0.25) is 0 Å². The van der Waals surface area contributed by atoms with Gasteiger partial charge in [0.05, 0.1) is 28.8 Å². The minimum atomic E-state index is -0.443. The molecule has 0 radical (unpaired) electrons. The molecule has 0 amide bonds. The highest BCUT2D eigenvalue weighted by Gasteiger charge is 2.24. The molecule has 1 aromatic heterocycles. The molecule has 154 valence electrons. The smallest absolute Gasteiger partial charge is 0.344 e. The van der Waals surface area contributed by atoms with E-state index in [-0.39, 0.29) is 12.6 Å². The zero-order chi connectivity index (χ0) is 20.7. The molecule has 0 unspecified atom stereocenters. The molecule has 0 fully saturated rings. The molecule has 2 aromatic rings. The van der Waals surface area contributed by atoms with Crippen LogP contribution in [0.25, 0.3) is 10.9 Å². The zero-order valence-electron chi connectivity index (χ0n) is 16.3. The second-order valence-electron chi connectivity index (χ2n) is 6.07. The van der Waals surface area contributed by atoms with Crippen LogP contribution in [0.3, 0.4) is 0 Å². The number of ether oxygens (including phenoxy) is 3. The van der Waals surface area contributed by atoms with Crippen LogP contribution in [0, 0.1) is 0 Å². The predicted molar refractivity (Wildman–Crippen MR) is 115 cm³/mol. The van der Waals surface area contributed by atoms with Crippen LogP contribution in [0.5, 0.6) is 5.75 Å². The summed E-state index contributed by atoms with van der Waals surface area (Å²) in [5, 5.41) is 1.27. The molecule has 0 aliphatic carbocycles. The average molecular weight is 519 g/mol. The summed E-state index contributed by atoms with van der Waals surface area (Å²) in [5.41, 5.74) is 2.32. The van der Waals surface area contributed by atoms with Gasteiger partial charge in [0.1, 0.15) is 5.75 Å². The number of rotatable bonds is 10. The Morgan fingerprint density at radius 1 is 1.11 bits per heavy atom. The predicted octanol–water partition coefficient (Wildman–Crippen LogP) is 5.22. The first kappa shape index (κ1) is 22.7. The van der Waals surface area contributed by atoms with Crippen LogP contribution in [-0.2, 0) is 26.1 Å². The van der Waals surface area contributed by atoms with Crippen LogP contribution in [0.15, 0.2) is 16.6 Å². The Labute approximate surface area is 181 Å². The van der Waals surface area contributed by atoms with Gasteiger partial charge in [-0.15, -0.1) is 0 Å². The normalized spacial score (nSPS) is 10.9. The molecule has 0 atom stereocenters. The maximum Gasteiger partial charge on any atom is 0.344 e. The summed E-state index contributed by atoms with van der Waals surface area (Å²) in [6.45, 7) is 6.84. The molecule has 0 aliphatic rings. The Kier molecular flexibility index (Phi) is 8.82. The lowest BCUT2D eigenvalue weighted by molar-refractivity contribution is -0.145. The number of alkyl halides is 1. The summed E-state index contributed by atoms with van der Waals surface area (Å²) < 4.78 is 18.7. The lowest BCUT2D eigenvalue weighted by Crippen LogP contribution is -2.14. The molecule has 0 aliphatic heterocycles. The topological polar surface area (TPSA) is 66.8 Å². The highest BCUT2D eigenvalue weighted by molar-refractivity contribution is 9.10. The number of esters is 2. The van der Waals surface area contributed by atoms with E-state index in [0.29, 0.717) is 34.3 Å². The second-order valence-corrected chi connectivity index (χ2v) is 7.49. The van der Waals surface area contributed by atoms with E-state index in [1.54, 1.807) is 19.9 Å². The van der Waals surface area contributed by atoms with Gasteiger partial charge in [-0.1, -0.05) is 29.3 Å². The van der Waals surface area contributed by atoms with Crippen molar-refractivity contribution >= 4 is 54.7 Å². The number of benzene rings is 1. The van der Waals surface area contributed by atoms with Gasteiger partial charge in [0, 0.05) is 23.0 Å². The minimum Gasteiger partial charge on any atom is -0.481 e. The third kappa shape index (κ3) is 5.08. The van der Waals surface area contributed by atoms with Crippen molar-refractivity contribution in [2.75, 3.05) is 19.8 Å². The van der Waals surface area contributed by atoms with Gasteiger partial charge in [-0.2, -0.15) is 0 Å². The number of unbranched alkanes of at least 4 members (excludes halogenated alkanes) is 1. The van der Waals surface area contributed by atoms with E-state index >= 15 is 0 Å². The highest BCUT2D eigenvalue weighted by atomic mass is 79.9. The first-order valence-corrected chi connectivity index (χ1v) is 11.3. The monoisotopic (exact) mass is 517 g/mol. The number of carbonyl (C=O) groups is 2.